The number of nitrogens with zero attached hydrogens (tertiary/aromatic N) is 7. The van der Waals surface area contributed by atoms with Crippen LogP contribution in [0.15, 0.2) is 51.4 Å². The van der Waals surface area contributed by atoms with Gasteiger partial charge in [0.1, 0.15) is 6.33 Å². The van der Waals surface area contributed by atoms with Crippen LogP contribution >= 0.6 is 22.7 Å². The Morgan fingerprint density at radius 2 is 1.77 bits per heavy atom. The summed E-state index contributed by atoms with van der Waals surface area (Å²) in [4.78, 5) is 6.42. The third kappa shape index (κ3) is 2.47. The fraction of sp³-hybridized carbons (Fsp3) is 0. The van der Waals surface area contributed by atoms with Gasteiger partial charge in [0.2, 0.25) is 0 Å². The lowest BCUT2D eigenvalue weighted by atomic mass is 10.5. The van der Waals surface area contributed by atoms with Crippen molar-refractivity contribution in [2.75, 3.05) is 0 Å². The molecule has 0 aliphatic heterocycles. The van der Waals surface area contributed by atoms with Gasteiger partial charge in [-0.05, 0) is 22.9 Å². The highest BCUT2D eigenvalue weighted by Crippen LogP contribution is 2.12. The summed E-state index contributed by atoms with van der Waals surface area (Å²) in [6, 6.07) is 7.92. The molecular weight excluding hydrogens is 318 g/mol. The first-order chi connectivity index (χ1) is 10.9. The van der Waals surface area contributed by atoms with Gasteiger partial charge in [-0.25, -0.2) is 4.99 Å². The average Bonchev–Trinajstić information content (AvgIpc) is 3.28. The minimum Gasteiger partial charge on any atom is -0.217 e. The van der Waals surface area contributed by atoms with Crippen molar-refractivity contribution in [2.45, 2.75) is 0 Å². The average molecular weight is 327 g/mol. The first kappa shape index (κ1) is 13.0. The quantitative estimate of drug-likeness (QED) is 0.541. The Balaban J connectivity index is 1.64. The van der Waals surface area contributed by atoms with E-state index in [0.717, 1.165) is 9.75 Å². The number of fused-ring (bicyclic) bond motifs is 1. The molecule has 0 spiro atoms. The van der Waals surface area contributed by atoms with Crippen LogP contribution in [-0.2, 0) is 0 Å². The normalized spacial score (nSPS) is 12.2. The topological polar surface area (TPSA) is 72.7 Å². The van der Waals surface area contributed by atoms with E-state index in [1.54, 1.807) is 50.6 Å². The van der Waals surface area contributed by atoms with Crippen molar-refractivity contribution in [3.8, 4) is 0 Å². The Bertz CT molecular complexity index is 850. The number of hydrogen-bond donors (Lipinski definition) is 0. The van der Waals surface area contributed by atoms with Gasteiger partial charge >= 0.3 is 0 Å². The lowest BCUT2D eigenvalue weighted by Gasteiger charge is -1.88. The molecule has 0 fully saturated rings. The largest absolute Gasteiger partial charge is 0.276 e. The van der Waals surface area contributed by atoms with Crippen LogP contribution in [-0.4, -0.2) is 36.9 Å². The summed E-state index contributed by atoms with van der Waals surface area (Å²) in [5.74, 6) is 0.944. The fourth-order valence-corrected chi connectivity index (χ4v) is 2.96. The third-order valence-electron chi connectivity index (χ3n) is 2.79. The number of aromatic nitrogens is 5. The number of aliphatic imine (C=N–C) groups is 1. The maximum Gasteiger partial charge on any atom is 0.276 e. The van der Waals surface area contributed by atoms with Gasteiger partial charge in [0.15, 0.2) is 0 Å². The number of rotatable bonds is 4. The Labute approximate surface area is 132 Å². The first-order valence-corrected chi connectivity index (χ1v) is 8.10. The smallest absolute Gasteiger partial charge is 0.217 e. The second-order valence-electron chi connectivity index (χ2n) is 4.22. The highest BCUT2D eigenvalue weighted by atomic mass is 32.1. The molecule has 0 aliphatic carbocycles. The minimum atomic E-state index is 0.425. The highest BCUT2D eigenvalue weighted by Gasteiger charge is 2.09. The summed E-state index contributed by atoms with van der Waals surface area (Å²) in [6.07, 6.45) is 5.09. The maximum absolute atomic E-state index is 4.33. The molecule has 0 aliphatic rings. The second-order valence-corrected chi connectivity index (χ2v) is 6.18. The molecule has 0 amide bonds. The molecule has 4 heterocycles. The predicted octanol–water partition coefficient (Wildman–Crippen LogP) is 2.68. The van der Waals surface area contributed by atoms with Crippen LogP contribution in [0.4, 0.5) is 5.95 Å². The van der Waals surface area contributed by atoms with Gasteiger partial charge in [-0.15, -0.1) is 38.0 Å². The van der Waals surface area contributed by atoms with Crippen LogP contribution in [0.2, 0.25) is 0 Å². The van der Waals surface area contributed by atoms with Crippen LogP contribution in [0.25, 0.3) is 5.78 Å². The second kappa shape index (κ2) is 5.62. The molecule has 0 aromatic carbocycles. The van der Waals surface area contributed by atoms with Crippen molar-refractivity contribution in [3.63, 3.8) is 0 Å². The van der Waals surface area contributed by atoms with E-state index in [9.17, 15) is 0 Å². The van der Waals surface area contributed by atoms with Gasteiger partial charge < -0.3 is 0 Å². The molecule has 0 N–H and O–H groups in total. The Morgan fingerprint density at radius 3 is 2.50 bits per heavy atom. The van der Waals surface area contributed by atoms with Crippen LogP contribution in [0, 0.1) is 0 Å². The molecule has 0 radical (unpaired) electrons. The van der Waals surface area contributed by atoms with E-state index in [-0.39, 0.29) is 0 Å². The molecular formula is C13H9N7S2. The summed E-state index contributed by atoms with van der Waals surface area (Å²) in [5.41, 5.74) is 0. The zero-order valence-corrected chi connectivity index (χ0v) is 12.8. The van der Waals surface area contributed by atoms with Crippen LogP contribution in [0.3, 0.4) is 0 Å². The van der Waals surface area contributed by atoms with Crippen molar-refractivity contribution in [2.24, 2.45) is 10.1 Å². The summed E-state index contributed by atoms with van der Waals surface area (Å²) >= 11 is 3.22. The van der Waals surface area contributed by atoms with E-state index in [4.69, 9.17) is 0 Å². The molecule has 4 aromatic heterocycles. The van der Waals surface area contributed by atoms with Gasteiger partial charge in [-0.3, -0.25) is 0 Å². The molecule has 4 aromatic rings. The SMILES string of the molecule is C(=Nc1nnc2n(N=Cc3cccs3)cnn12)c1cccs1. The van der Waals surface area contributed by atoms with Gasteiger partial charge in [0.05, 0.1) is 6.21 Å². The first-order valence-electron chi connectivity index (χ1n) is 6.34. The molecule has 0 atom stereocenters. The predicted molar refractivity (Wildman–Crippen MR) is 87.7 cm³/mol. The monoisotopic (exact) mass is 327 g/mol. The Hall–Kier alpha value is -2.65. The van der Waals surface area contributed by atoms with Crippen molar-refractivity contribution in [3.05, 3.63) is 51.1 Å². The van der Waals surface area contributed by atoms with E-state index < -0.39 is 0 Å². The van der Waals surface area contributed by atoms with E-state index in [0.29, 0.717) is 11.7 Å². The molecule has 7 nitrogen and oxygen atoms in total. The number of thiophene rings is 2. The summed E-state index contributed by atoms with van der Waals surface area (Å²) in [7, 11) is 0. The lowest BCUT2D eigenvalue weighted by Crippen LogP contribution is -1.89. The van der Waals surface area contributed by atoms with Gasteiger partial charge in [-0.1, -0.05) is 12.1 Å². The van der Waals surface area contributed by atoms with E-state index in [1.165, 1.54) is 0 Å². The van der Waals surface area contributed by atoms with Crippen LogP contribution in [0.1, 0.15) is 9.75 Å². The molecule has 0 bridgehead atoms. The standard InChI is InChI=1S/C13H9N7S2/c1-3-10(21-5-1)7-14-12-17-18-13-19(9-16-20(12)13)15-8-11-4-2-6-22-11/h1-9H. The van der Waals surface area contributed by atoms with Gasteiger partial charge in [0, 0.05) is 16.0 Å². The maximum atomic E-state index is 4.33. The molecule has 22 heavy (non-hydrogen) atoms. The van der Waals surface area contributed by atoms with Gasteiger partial charge in [0.25, 0.3) is 11.7 Å². The van der Waals surface area contributed by atoms with Gasteiger partial charge in [-0.2, -0.15) is 14.3 Å². The summed E-state index contributed by atoms with van der Waals surface area (Å²) in [6.45, 7) is 0. The van der Waals surface area contributed by atoms with Crippen molar-refractivity contribution in [1.29, 1.82) is 0 Å². The Morgan fingerprint density at radius 1 is 1.00 bits per heavy atom. The van der Waals surface area contributed by atoms with Crippen LogP contribution < -0.4 is 0 Å². The molecule has 4 rings (SSSR count). The van der Waals surface area contributed by atoms with E-state index in [1.807, 2.05) is 35.0 Å². The summed E-state index contributed by atoms with van der Waals surface area (Å²) < 4.78 is 3.12. The fourth-order valence-electron chi connectivity index (χ4n) is 1.79. The summed E-state index contributed by atoms with van der Waals surface area (Å²) in [5, 5.41) is 20.6. The molecule has 0 unspecified atom stereocenters. The zero-order valence-electron chi connectivity index (χ0n) is 11.1. The van der Waals surface area contributed by atoms with E-state index in [2.05, 4.69) is 25.4 Å². The Kier molecular flexibility index (Phi) is 3.33. The number of hydrogen-bond acceptors (Lipinski definition) is 7. The zero-order chi connectivity index (χ0) is 14.8. The molecule has 9 heteroatoms. The minimum absolute atomic E-state index is 0.425. The van der Waals surface area contributed by atoms with E-state index >= 15 is 0 Å². The lowest BCUT2D eigenvalue weighted by molar-refractivity contribution is 0.883. The molecule has 108 valence electrons. The van der Waals surface area contributed by atoms with Crippen molar-refractivity contribution >= 4 is 46.8 Å². The van der Waals surface area contributed by atoms with Crippen LogP contribution in [0.5, 0.6) is 0 Å². The van der Waals surface area contributed by atoms with Crippen molar-refractivity contribution < 1.29 is 0 Å². The highest BCUT2D eigenvalue weighted by molar-refractivity contribution is 7.12. The molecule has 0 saturated carbocycles. The van der Waals surface area contributed by atoms with Crippen molar-refractivity contribution in [1.82, 2.24) is 24.5 Å². The molecule has 0 saturated heterocycles. The third-order valence-corrected chi connectivity index (χ3v) is 4.41.